The molecule has 0 spiro atoms. The molecular weight excluding hydrogens is 229 g/mol. The normalized spacial score (nSPS) is 10.3. The summed E-state index contributed by atoms with van der Waals surface area (Å²) in [5.74, 6) is -0.441. The lowest BCUT2D eigenvalue weighted by atomic mass is 10.1. The summed E-state index contributed by atoms with van der Waals surface area (Å²) in [6.45, 7) is 3.44. The SMILES string of the molecule is CCN(Cc1cc(O)cc(F)c1)c1ccccc1. The molecule has 0 radical (unpaired) electrons. The van der Waals surface area contributed by atoms with Gasteiger partial charge in [0.2, 0.25) is 0 Å². The maximum Gasteiger partial charge on any atom is 0.127 e. The average molecular weight is 245 g/mol. The molecule has 0 bridgehead atoms. The van der Waals surface area contributed by atoms with E-state index < -0.39 is 5.82 Å². The van der Waals surface area contributed by atoms with Crippen LogP contribution in [0.1, 0.15) is 12.5 Å². The molecule has 0 unspecified atom stereocenters. The van der Waals surface area contributed by atoms with Crippen molar-refractivity contribution < 1.29 is 9.50 Å². The maximum absolute atomic E-state index is 13.2. The van der Waals surface area contributed by atoms with Crippen LogP contribution >= 0.6 is 0 Å². The Labute approximate surface area is 106 Å². The molecule has 18 heavy (non-hydrogen) atoms. The van der Waals surface area contributed by atoms with Gasteiger partial charge in [0.05, 0.1) is 0 Å². The topological polar surface area (TPSA) is 23.5 Å². The van der Waals surface area contributed by atoms with Crippen LogP contribution in [0.25, 0.3) is 0 Å². The van der Waals surface area contributed by atoms with Gasteiger partial charge in [-0.3, -0.25) is 0 Å². The highest BCUT2D eigenvalue weighted by molar-refractivity contribution is 5.46. The predicted octanol–water partition coefficient (Wildman–Crippen LogP) is 3.56. The van der Waals surface area contributed by atoms with Crippen LogP contribution in [0.15, 0.2) is 48.5 Å². The van der Waals surface area contributed by atoms with E-state index in [1.807, 2.05) is 37.3 Å². The molecule has 2 aromatic rings. The molecule has 0 fully saturated rings. The summed E-state index contributed by atoms with van der Waals surface area (Å²) in [7, 11) is 0. The highest BCUT2D eigenvalue weighted by Crippen LogP contribution is 2.20. The second kappa shape index (κ2) is 5.54. The van der Waals surface area contributed by atoms with E-state index in [0.717, 1.165) is 23.9 Å². The molecular formula is C15H16FNO. The van der Waals surface area contributed by atoms with Crippen LogP contribution in [-0.4, -0.2) is 11.7 Å². The van der Waals surface area contributed by atoms with Crippen molar-refractivity contribution in [3.05, 3.63) is 59.9 Å². The summed E-state index contributed by atoms with van der Waals surface area (Å²) >= 11 is 0. The van der Waals surface area contributed by atoms with Crippen LogP contribution in [-0.2, 0) is 6.54 Å². The summed E-state index contributed by atoms with van der Waals surface area (Å²) in [5.41, 5.74) is 1.85. The molecule has 1 N–H and O–H groups in total. The zero-order valence-electron chi connectivity index (χ0n) is 10.3. The first-order valence-corrected chi connectivity index (χ1v) is 5.97. The second-order valence-corrected chi connectivity index (χ2v) is 4.17. The highest BCUT2D eigenvalue weighted by atomic mass is 19.1. The van der Waals surface area contributed by atoms with Crippen molar-refractivity contribution in [2.75, 3.05) is 11.4 Å². The monoisotopic (exact) mass is 245 g/mol. The van der Waals surface area contributed by atoms with E-state index in [9.17, 15) is 9.50 Å². The largest absolute Gasteiger partial charge is 0.508 e. The second-order valence-electron chi connectivity index (χ2n) is 4.17. The van der Waals surface area contributed by atoms with E-state index in [4.69, 9.17) is 0 Å². The number of phenolic OH excluding ortho intramolecular Hbond substituents is 1. The standard InChI is InChI=1S/C15H16FNO/c1-2-17(14-6-4-3-5-7-14)11-12-8-13(16)10-15(18)9-12/h3-10,18H,2,11H2,1H3. The van der Waals surface area contributed by atoms with E-state index in [0.29, 0.717) is 6.54 Å². The van der Waals surface area contributed by atoms with Gasteiger partial charge in [-0.05, 0) is 36.8 Å². The van der Waals surface area contributed by atoms with E-state index in [1.165, 1.54) is 6.07 Å². The van der Waals surface area contributed by atoms with Crippen molar-refractivity contribution in [1.29, 1.82) is 0 Å². The molecule has 0 atom stereocenters. The molecule has 0 saturated heterocycles. The summed E-state index contributed by atoms with van der Waals surface area (Å²) < 4.78 is 13.2. The van der Waals surface area contributed by atoms with Gasteiger partial charge in [0.1, 0.15) is 11.6 Å². The molecule has 2 nitrogen and oxygen atoms in total. The van der Waals surface area contributed by atoms with E-state index in [-0.39, 0.29) is 5.75 Å². The Balaban J connectivity index is 2.20. The minimum atomic E-state index is -0.408. The van der Waals surface area contributed by atoms with Gasteiger partial charge in [0.15, 0.2) is 0 Å². The van der Waals surface area contributed by atoms with Crippen LogP contribution in [0.4, 0.5) is 10.1 Å². The van der Waals surface area contributed by atoms with Crippen molar-refractivity contribution in [2.24, 2.45) is 0 Å². The van der Waals surface area contributed by atoms with Gasteiger partial charge in [-0.15, -0.1) is 0 Å². The van der Waals surface area contributed by atoms with Crippen molar-refractivity contribution in [3.63, 3.8) is 0 Å². The molecule has 94 valence electrons. The molecule has 0 saturated carbocycles. The lowest BCUT2D eigenvalue weighted by Crippen LogP contribution is -2.21. The minimum absolute atomic E-state index is 0.0332. The lowest BCUT2D eigenvalue weighted by Gasteiger charge is -2.23. The van der Waals surface area contributed by atoms with Crippen molar-refractivity contribution in [2.45, 2.75) is 13.5 Å². The number of halogens is 1. The summed E-state index contributed by atoms with van der Waals surface area (Å²) in [6, 6.07) is 14.1. The Hall–Kier alpha value is -2.03. The minimum Gasteiger partial charge on any atom is -0.508 e. The van der Waals surface area contributed by atoms with Gasteiger partial charge in [-0.1, -0.05) is 18.2 Å². The molecule has 0 heterocycles. The number of hydrogen-bond acceptors (Lipinski definition) is 2. The fraction of sp³-hybridized carbons (Fsp3) is 0.200. The first-order chi connectivity index (χ1) is 8.69. The number of aromatic hydroxyl groups is 1. The Bertz CT molecular complexity index is 493. The van der Waals surface area contributed by atoms with Crippen LogP contribution in [0.5, 0.6) is 5.75 Å². The number of benzene rings is 2. The highest BCUT2D eigenvalue weighted by Gasteiger charge is 2.06. The van der Waals surface area contributed by atoms with Gasteiger partial charge >= 0.3 is 0 Å². The third kappa shape index (κ3) is 3.00. The average Bonchev–Trinajstić information content (AvgIpc) is 2.36. The number of phenols is 1. The molecule has 3 heteroatoms. The Morgan fingerprint density at radius 2 is 1.83 bits per heavy atom. The molecule has 2 aromatic carbocycles. The summed E-state index contributed by atoms with van der Waals surface area (Å²) in [4.78, 5) is 2.12. The molecule has 2 rings (SSSR count). The van der Waals surface area contributed by atoms with Crippen molar-refractivity contribution >= 4 is 5.69 Å². The van der Waals surface area contributed by atoms with E-state index in [2.05, 4.69) is 4.90 Å². The molecule has 0 aliphatic rings. The van der Waals surface area contributed by atoms with Crippen LogP contribution in [0.3, 0.4) is 0 Å². The molecule has 0 aliphatic heterocycles. The van der Waals surface area contributed by atoms with E-state index >= 15 is 0 Å². The summed E-state index contributed by atoms with van der Waals surface area (Å²) in [5, 5.41) is 9.39. The number of para-hydroxylation sites is 1. The zero-order chi connectivity index (χ0) is 13.0. The van der Waals surface area contributed by atoms with Crippen molar-refractivity contribution in [3.8, 4) is 5.75 Å². The van der Waals surface area contributed by atoms with Crippen LogP contribution in [0.2, 0.25) is 0 Å². The van der Waals surface area contributed by atoms with Gasteiger partial charge in [0.25, 0.3) is 0 Å². The van der Waals surface area contributed by atoms with Crippen LogP contribution < -0.4 is 4.90 Å². The predicted molar refractivity (Wildman–Crippen MR) is 71.2 cm³/mol. The Morgan fingerprint density at radius 1 is 1.11 bits per heavy atom. The quantitative estimate of drug-likeness (QED) is 0.890. The first kappa shape index (κ1) is 12.4. The number of rotatable bonds is 4. The smallest absolute Gasteiger partial charge is 0.127 e. The fourth-order valence-electron chi connectivity index (χ4n) is 1.97. The molecule has 0 amide bonds. The van der Waals surface area contributed by atoms with Crippen molar-refractivity contribution in [1.82, 2.24) is 0 Å². The van der Waals surface area contributed by atoms with E-state index in [1.54, 1.807) is 6.07 Å². The van der Waals surface area contributed by atoms with Crippen LogP contribution in [0, 0.1) is 5.82 Å². The Morgan fingerprint density at radius 3 is 2.44 bits per heavy atom. The van der Waals surface area contributed by atoms with Gasteiger partial charge < -0.3 is 10.0 Å². The number of anilines is 1. The Kier molecular flexibility index (Phi) is 3.82. The van der Waals surface area contributed by atoms with Gasteiger partial charge in [0, 0.05) is 24.8 Å². The maximum atomic E-state index is 13.2. The third-order valence-electron chi connectivity index (χ3n) is 2.82. The third-order valence-corrected chi connectivity index (χ3v) is 2.82. The first-order valence-electron chi connectivity index (χ1n) is 5.97. The zero-order valence-corrected chi connectivity index (χ0v) is 10.3. The lowest BCUT2D eigenvalue weighted by molar-refractivity contribution is 0.468. The molecule has 0 aliphatic carbocycles. The number of nitrogens with zero attached hydrogens (tertiary/aromatic N) is 1. The van der Waals surface area contributed by atoms with Gasteiger partial charge in [-0.25, -0.2) is 4.39 Å². The fourth-order valence-corrected chi connectivity index (χ4v) is 1.97. The molecule has 0 aromatic heterocycles. The van der Waals surface area contributed by atoms with Gasteiger partial charge in [-0.2, -0.15) is 0 Å². The number of hydrogen-bond donors (Lipinski definition) is 1. The summed E-state index contributed by atoms with van der Waals surface area (Å²) in [6.07, 6.45) is 0.